The molecule has 0 saturated carbocycles. The minimum absolute atomic E-state index is 0.254. The Morgan fingerprint density at radius 2 is 2.38 bits per heavy atom. The van der Waals surface area contributed by atoms with E-state index in [4.69, 9.17) is 0 Å². The Bertz CT molecular complexity index is 100. The molecular weight excluding hydrogens is 238 g/mol. The van der Waals surface area contributed by atoms with Gasteiger partial charge in [-0.15, -0.1) is 0 Å². The van der Waals surface area contributed by atoms with E-state index in [1.807, 2.05) is 0 Å². The molecule has 0 radical (unpaired) electrons. The maximum absolute atomic E-state index is 9.50. The second kappa shape index (κ2) is 5.48. The molecule has 0 aliphatic carbocycles. The molecule has 0 fully saturated rings. The SMILES string of the molecule is O=C=NCC(Br)CBr. The molecule has 0 N–H and O–H groups in total. The summed E-state index contributed by atoms with van der Waals surface area (Å²) in [5.41, 5.74) is 0. The average Bonchev–Trinajstić information content (AvgIpc) is 1.83. The summed E-state index contributed by atoms with van der Waals surface area (Å²) in [6.45, 7) is 0.495. The average molecular weight is 243 g/mol. The Morgan fingerprint density at radius 3 is 2.75 bits per heavy atom. The molecule has 0 aromatic heterocycles. The van der Waals surface area contributed by atoms with Gasteiger partial charge in [0.1, 0.15) is 0 Å². The highest BCUT2D eigenvalue weighted by atomic mass is 79.9. The first kappa shape index (κ1) is 8.34. The minimum atomic E-state index is 0.254. The number of carbonyl (C=O) groups excluding carboxylic acids is 1. The predicted octanol–water partition coefficient (Wildman–Crippen LogP) is 1.48. The van der Waals surface area contributed by atoms with Crippen molar-refractivity contribution in [2.24, 2.45) is 4.99 Å². The molecule has 1 unspecified atom stereocenters. The molecule has 4 heteroatoms. The van der Waals surface area contributed by atoms with Gasteiger partial charge in [0.15, 0.2) is 0 Å². The van der Waals surface area contributed by atoms with Crippen LogP contribution in [0.4, 0.5) is 0 Å². The lowest BCUT2D eigenvalue weighted by Crippen LogP contribution is -2.02. The van der Waals surface area contributed by atoms with E-state index < -0.39 is 0 Å². The molecule has 0 aliphatic rings. The van der Waals surface area contributed by atoms with Crippen LogP contribution in [0.5, 0.6) is 0 Å². The lowest BCUT2D eigenvalue weighted by atomic mass is 10.5. The number of hydrogen-bond donors (Lipinski definition) is 0. The largest absolute Gasteiger partial charge is 0.234 e. The maximum Gasteiger partial charge on any atom is 0.234 e. The third kappa shape index (κ3) is 4.50. The molecule has 1 atom stereocenters. The molecule has 0 saturated heterocycles. The quantitative estimate of drug-likeness (QED) is 0.419. The van der Waals surface area contributed by atoms with Crippen LogP contribution in [0.25, 0.3) is 0 Å². The molecule has 0 bridgehead atoms. The molecule has 0 heterocycles. The fourth-order valence-corrected chi connectivity index (χ4v) is 0.535. The van der Waals surface area contributed by atoms with Crippen molar-refractivity contribution < 1.29 is 4.79 Å². The topological polar surface area (TPSA) is 29.4 Å². The van der Waals surface area contributed by atoms with Gasteiger partial charge >= 0.3 is 0 Å². The van der Waals surface area contributed by atoms with Gasteiger partial charge < -0.3 is 0 Å². The number of hydrogen-bond acceptors (Lipinski definition) is 2. The van der Waals surface area contributed by atoms with Crippen molar-refractivity contribution in [2.75, 3.05) is 11.9 Å². The van der Waals surface area contributed by atoms with Crippen LogP contribution in [0.1, 0.15) is 0 Å². The Balaban J connectivity index is 3.23. The number of rotatable bonds is 3. The molecule has 0 amide bonds. The van der Waals surface area contributed by atoms with E-state index in [2.05, 4.69) is 36.9 Å². The lowest BCUT2D eigenvalue weighted by Gasteiger charge is -1.94. The highest BCUT2D eigenvalue weighted by molar-refractivity contribution is 9.12. The number of nitrogens with zero attached hydrogens (tertiary/aromatic N) is 1. The zero-order valence-electron chi connectivity index (χ0n) is 4.10. The van der Waals surface area contributed by atoms with E-state index in [0.29, 0.717) is 6.54 Å². The summed E-state index contributed by atoms with van der Waals surface area (Å²) in [5.74, 6) is 0. The summed E-state index contributed by atoms with van der Waals surface area (Å²) in [6, 6.07) is 0. The summed E-state index contributed by atoms with van der Waals surface area (Å²) in [7, 11) is 0. The smallest absolute Gasteiger partial charge is 0.211 e. The first-order valence-corrected chi connectivity index (χ1v) is 4.08. The van der Waals surface area contributed by atoms with E-state index in [0.717, 1.165) is 5.33 Å². The molecule has 0 aromatic carbocycles. The normalized spacial score (nSPS) is 12.2. The third-order valence-electron chi connectivity index (χ3n) is 0.521. The summed E-state index contributed by atoms with van der Waals surface area (Å²) in [5, 5.41) is 0.804. The Labute approximate surface area is 64.6 Å². The van der Waals surface area contributed by atoms with Crippen molar-refractivity contribution in [3.8, 4) is 0 Å². The molecule has 0 aliphatic heterocycles. The highest BCUT2D eigenvalue weighted by Crippen LogP contribution is 2.02. The van der Waals surface area contributed by atoms with Crippen molar-refractivity contribution in [3.63, 3.8) is 0 Å². The summed E-state index contributed by atoms with van der Waals surface area (Å²) in [6.07, 6.45) is 1.46. The van der Waals surface area contributed by atoms with Crippen LogP contribution in [0.2, 0.25) is 0 Å². The van der Waals surface area contributed by atoms with Crippen molar-refractivity contribution in [3.05, 3.63) is 0 Å². The first-order valence-electron chi connectivity index (χ1n) is 2.05. The van der Waals surface area contributed by atoms with E-state index in [1.54, 1.807) is 0 Å². The van der Waals surface area contributed by atoms with E-state index in [9.17, 15) is 4.79 Å². The van der Waals surface area contributed by atoms with Crippen molar-refractivity contribution in [2.45, 2.75) is 4.83 Å². The Hall–Kier alpha value is 0.340. The molecule has 8 heavy (non-hydrogen) atoms. The monoisotopic (exact) mass is 241 g/mol. The van der Waals surface area contributed by atoms with Crippen LogP contribution in [0.15, 0.2) is 4.99 Å². The first-order chi connectivity index (χ1) is 3.81. The van der Waals surface area contributed by atoms with Crippen LogP contribution in [-0.2, 0) is 4.79 Å². The van der Waals surface area contributed by atoms with Crippen LogP contribution >= 0.6 is 31.9 Å². The summed E-state index contributed by atoms with van der Waals surface area (Å²) < 4.78 is 0. The molecule has 0 rings (SSSR count). The van der Waals surface area contributed by atoms with Gasteiger partial charge in [-0.05, 0) is 0 Å². The summed E-state index contributed by atoms with van der Waals surface area (Å²) in [4.78, 5) is 13.1. The van der Waals surface area contributed by atoms with Crippen molar-refractivity contribution in [1.29, 1.82) is 0 Å². The van der Waals surface area contributed by atoms with E-state index >= 15 is 0 Å². The minimum Gasteiger partial charge on any atom is -0.211 e. The second-order valence-corrected chi connectivity index (χ2v) is 3.13. The van der Waals surface area contributed by atoms with Crippen LogP contribution in [0.3, 0.4) is 0 Å². The van der Waals surface area contributed by atoms with Crippen LogP contribution < -0.4 is 0 Å². The number of isocyanates is 1. The fraction of sp³-hybridized carbons (Fsp3) is 0.750. The highest BCUT2D eigenvalue weighted by Gasteiger charge is 1.96. The van der Waals surface area contributed by atoms with E-state index in [1.165, 1.54) is 6.08 Å². The second-order valence-electron chi connectivity index (χ2n) is 1.18. The molecule has 2 nitrogen and oxygen atoms in total. The zero-order chi connectivity index (χ0) is 6.41. The Kier molecular flexibility index (Phi) is 5.71. The van der Waals surface area contributed by atoms with Gasteiger partial charge in [0.25, 0.3) is 0 Å². The van der Waals surface area contributed by atoms with Gasteiger partial charge in [-0.25, -0.2) is 9.79 Å². The van der Waals surface area contributed by atoms with Crippen LogP contribution in [0, 0.1) is 0 Å². The van der Waals surface area contributed by atoms with Gasteiger partial charge in [0.05, 0.1) is 6.54 Å². The number of halogens is 2. The van der Waals surface area contributed by atoms with Gasteiger partial charge in [0, 0.05) is 10.2 Å². The van der Waals surface area contributed by atoms with Crippen LogP contribution in [-0.4, -0.2) is 22.8 Å². The summed E-state index contributed by atoms with van der Waals surface area (Å²) >= 11 is 6.47. The Morgan fingerprint density at radius 1 is 1.75 bits per heavy atom. The van der Waals surface area contributed by atoms with Gasteiger partial charge in [0.2, 0.25) is 6.08 Å². The lowest BCUT2D eigenvalue weighted by molar-refractivity contribution is 0.563. The molecule has 0 spiro atoms. The van der Waals surface area contributed by atoms with Gasteiger partial charge in [-0.3, -0.25) is 0 Å². The molecular formula is C4H5Br2NO. The standard InChI is InChI=1S/C4H5Br2NO/c5-1-4(6)2-7-3-8/h4H,1-2H2. The van der Waals surface area contributed by atoms with Gasteiger partial charge in [-0.2, -0.15) is 0 Å². The number of aliphatic imine (C=N–C) groups is 1. The number of alkyl halides is 2. The maximum atomic E-state index is 9.50. The molecule has 46 valence electrons. The van der Waals surface area contributed by atoms with Crippen molar-refractivity contribution >= 4 is 37.9 Å². The fourth-order valence-electron chi connectivity index (χ4n) is 0.185. The van der Waals surface area contributed by atoms with Gasteiger partial charge in [-0.1, -0.05) is 31.9 Å². The van der Waals surface area contributed by atoms with E-state index in [-0.39, 0.29) is 4.83 Å². The zero-order valence-corrected chi connectivity index (χ0v) is 7.27. The molecule has 0 aromatic rings. The van der Waals surface area contributed by atoms with Crippen molar-refractivity contribution in [1.82, 2.24) is 0 Å². The predicted molar refractivity (Wildman–Crippen MR) is 39.5 cm³/mol. The third-order valence-corrected chi connectivity index (χ3v) is 2.79.